The van der Waals surface area contributed by atoms with Crippen molar-refractivity contribution in [3.8, 4) is 0 Å². The molecule has 2 nitrogen and oxygen atoms in total. The van der Waals surface area contributed by atoms with Crippen LogP contribution in [0.3, 0.4) is 0 Å². The Morgan fingerprint density at radius 3 is 2.75 bits per heavy atom. The zero-order valence-corrected chi connectivity index (χ0v) is 5.26. The second-order valence-electron chi connectivity index (χ2n) is 1.68. The summed E-state index contributed by atoms with van der Waals surface area (Å²) in [6.45, 7) is 5.83. The van der Waals surface area contributed by atoms with Crippen molar-refractivity contribution >= 4 is 0 Å². The summed E-state index contributed by atoms with van der Waals surface area (Å²) in [5, 5.41) is 8.54. The van der Waals surface area contributed by atoms with E-state index in [4.69, 9.17) is 9.84 Å². The smallest absolute Gasteiger partial charge is 0.151 e. The Bertz CT molecular complexity index is 43.8. The van der Waals surface area contributed by atoms with Crippen molar-refractivity contribution in [3.63, 3.8) is 0 Å². The monoisotopic (exact) mass is 117 g/mol. The summed E-state index contributed by atoms with van der Waals surface area (Å²) in [7, 11) is 0. The van der Waals surface area contributed by atoms with Crippen LogP contribution in [0.2, 0.25) is 0 Å². The number of rotatable bonds is 4. The lowest BCUT2D eigenvalue weighted by atomic mass is 10.4. The molecule has 0 spiro atoms. The van der Waals surface area contributed by atoms with Gasteiger partial charge in [0.2, 0.25) is 0 Å². The van der Waals surface area contributed by atoms with Crippen molar-refractivity contribution in [1.29, 1.82) is 0 Å². The molecule has 0 aromatic heterocycles. The molecule has 1 unspecified atom stereocenters. The Hall–Kier alpha value is -0.0800. The topological polar surface area (TPSA) is 29.5 Å². The molecule has 0 amide bonds. The molecule has 1 radical (unpaired) electrons. The highest BCUT2D eigenvalue weighted by atomic mass is 16.6. The molecule has 0 rings (SSSR count). The van der Waals surface area contributed by atoms with Gasteiger partial charge in [0.15, 0.2) is 6.29 Å². The van der Waals surface area contributed by atoms with E-state index in [1.54, 1.807) is 6.92 Å². The molecule has 1 atom stereocenters. The third-order valence-corrected chi connectivity index (χ3v) is 0.753. The average molecular weight is 117 g/mol. The second kappa shape index (κ2) is 5.06. The van der Waals surface area contributed by atoms with Gasteiger partial charge in [-0.15, -0.1) is 0 Å². The summed E-state index contributed by atoms with van der Waals surface area (Å²) in [6.07, 6.45) is 1.17. The van der Waals surface area contributed by atoms with Crippen LogP contribution in [-0.2, 0) is 4.74 Å². The number of aliphatic hydroxyl groups is 1. The Morgan fingerprint density at radius 1 is 1.75 bits per heavy atom. The molecule has 1 N–H and O–H groups in total. The van der Waals surface area contributed by atoms with Gasteiger partial charge >= 0.3 is 0 Å². The van der Waals surface area contributed by atoms with Crippen molar-refractivity contribution in [2.45, 2.75) is 26.1 Å². The lowest BCUT2D eigenvalue weighted by Gasteiger charge is -2.03. The van der Waals surface area contributed by atoms with Gasteiger partial charge in [-0.25, -0.2) is 0 Å². The molecular weight excluding hydrogens is 104 g/mol. The molecule has 0 heterocycles. The van der Waals surface area contributed by atoms with Gasteiger partial charge in [0.1, 0.15) is 0 Å². The predicted octanol–water partition coefficient (Wildman–Crippen LogP) is 0.956. The third kappa shape index (κ3) is 5.92. The summed E-state index contributed by atoms with van der Waals surface area (Å²) in [4.78, 5) is 0. The summed E-state index contributed by atoms with van der Waals surface area (Å²) in [5.74, 6) is 0. The highest BCUT2D eigenvalue weighted by Gasteiger charge is 1.90. The van der Waals surface area contributed by atoms with Crippen LogP contribution in [0.25, 0.3) is 0 Å². The van der Waals surface area contributed by atoms with Gasteiger partial charge in [0, 0.05) is 6.61 Å². The van der Waals surface area contributed by atoms with Gasteiger partial charge in [-0.1, -0.05) is 13.3 Å². The Kier molecular flexibility index (Phi) is 5.01. The average Bonchev–Trinajstić information content (AvgIpc) is 1.66. The highest BCUT2D eigenvalue weighted by molar-refractivity contribution is 4.38. The fraction of sp³-hybridized carbons (Fsp3) is 0.833. The van der Waals surface area contributed by atoms with E-state index in [0.29, 0.717) is 6.61 Å². The number of ether oxygens (including phenoxy) is 1. The standard InChI is InChI=1S/C6H13O2/c1-3-4-5-8-6(2)7/h6-7H,1,3-5H2,2H3. The lowest BCUT2D eigenvalue weighted by Crippen LogP contribution is -2.06. The molecule has 2 heteroatoms. The maximum absolute atomic E-state index is 8.54. The van der Waals surface area contributed by atoms with Crippen LogP contribution in [0.15, 0.2) is 0 Å². The molecule has 8 heavy (non-hydrogen) atoms. The van der Waals surface area contributed by atoms with Gasteiger partial charge in [0.25, 0.3) is 0 Å². The molecule has 0 aliphatic heterocycles. The van der Waals surface area contributed by atoms with E-state index in [1.807, 2.05) is 0 Å². The first-order chi connectivity index (χ1) is 3.77. The zero-order valence-electron chi connectivity index (χ0n) is 5.26. The van der Waals surface area contributed by atoms with E-state index in [2.05, 4.69) is 6.92 Å². The minimum absolute atomic E-state index is 0.612. The summed E-state index contributed by atoms with van der Waals surface area (Å²) in [6, 6.07) is 0. The van der Waals surface area contributed by atoms with Gasteiger partial charge in [-0.05, 0) is 13.3 Å². The molecule has 0 aromatic rings. The predicted molar refractivity (Wildman–Crippen MR) is 32.2 cm³/mol. The minimum Gasteiger partial charge on any atom is -0.368 e. The molecule has 0 aliphatic rings. The molecule has 0 saturated carbocycles. The number of aliphatic hydroxyl groups excluding tert-OH is 1. The fourth-order valence-electron chi connectivity index (χ4n) is 0.356. The molecule has 0 saturated heterocycles. The lowest BCUT2D eigenvalue weighted by molar-refractivity contribution is -0.0853. The van der Waals surface area contributed by atoms with Crippen LogP contribution in [0.5, 0.6) is 0 Å². The van der Waals surface area contributed by atoms with Crippen LogP contribution >= 0.6 is 0 Å². The molecule has 0 aromatic carbocycles. The van der Waals surface area contributed by atoms with Crippen molar-refractivity contribution in [1.82, 2.24) is 0 Å². The quantitative estimate of drug-likeness (QED) is 0.439. The molecule has 0 bridgehead atoms. The molecule has 0 aliphatic carbocycles. The van der Waals surface area contributed by atoms with E-state index in [0.717, 1.165) is 12.8 Å². The SMILES string of the molecule is [CH2]CCCOC(C)O. The van der Waals surface area contributed by atoms with Crippen LogP contribution in [0, 0.1) is 6.92 Å². The van der Waals surface area contributed by atoms with Crippen LogP contribution in [0.1, 0.15) is 19.8 Å². The van der Waals surface area contributed by atoms with E-state index < -0.39 is 6.29 Å². The van der Waals surface area contributed by atoms with Gasteiger partial charge < -0.3 is 9.84 Å². The Morgan fingerprint density at radius 2 is 2.38 bits per heavy atom. The van der Waals surface area contributed by atoms with E-state index >= 15 is 0 Å². The van der Waals surface area contributed by atoms with Gasteiger partial charge in [-0.2, -0.15) is 0 Å². The Balaban J connectivity index is 2.72. The maximum atomic E-state index is 8.54. The summed E-state index contributed by atoms with van der Waals surface area (Å²) < 4.78 is 4.80. The first-order valence-corrected chi connectivity index (χ1v) is 2.86. The van der Waals surface area contributed by atoms with Crippen LogP contribution in [-0.4, -0.2) is 18.0 Å². The molecular formula is C6H13O2. The number of hydrogen-bond acceptors (Lipinski definition) is 2. The molecule has 0 fully saturated rings. The highest BCUT2D eigenvalue weighted by Crippen LogP contribution is 1.89. The number of hydrogen-bond donors (Lipinski definition) is 1. The van der Waals surface area contributed by atoms with E-state index in [-0.39, 0.29) is 0 Å². The van der Waals surface area contributed by atoms with Crippen molar-refractivity contribution in [2.75, 3.05) is 6.61 Å². The minimum atomic E-state index is -0.624. The van der Waals surface area contributed by atoms with E-state index in [1.165, 1.54) is 0 Å². The van der Waals surface area contributed by atoms with Crippen molar-refractivity contribution in [2.24, 2.45) is 0 Å². The van der Waals surface area contributed by atoms with Gasteiger partial charge in [0.05, 0.1) is 0 Å². The normalized spacial score (nSPS) is 13.9. The second-order valence-corrected chi connectivity index (χ2v) is 1.68. The maximum Gasteiger partial charge on any atom is 0.151 e. The van der Waals surface area contributed by atoms with E-state index in [9.17, 15) is 0 Å². The fourth-order valence-corrected chi connectivity index (χ4v) is 0.356. The first kappa shape index (κ1) is 7.92. The summed E-state index contributed by atoms with van der Waals surface area (Å²) >= 11 is 0. The Labute approximate surface area is 50.5 Å². The number of unbranched alkanes of at least 4 members (excludes halogenated alkanes) is 1. The largest absolute Gasteiger partial charge is 0.368 e. The van der Waals surface area contributed by atoms with Crippen LogP contribution < -0.4 is 0 Å². The van der Waals surface area contributed by atoms with Crippen molar-refractivity contribution < 1.29 is 9.84 Å². The first-order valence-electron chi connectivity index (χ1n) is 2.86. The third-order valence-electron chi connectivity index (χ3n) is 0.753. The van der Waals surface area contributed by atoms with Gasteiger partial charge in [-0.3, -0.25) is 0 Å². The zero-order chi connectivity index (χ0) is 6.41. The van der Waals surface area contributed by atoms with Crippen LogP contribution in [0.4, 0.5) is 0 Å². The van der Waals surface area contributed by atoms with Crippen molar-refractivity contribution in [3.05, 3.63) is 6.92 Å². The summed E-state index contributed by atoms with van der Waals surface area (Å²) in [5.41, 5.74) is 0. The molecule has 49 valence electrons.